The number of allylic oxidation sites excluding steroid dienone is 4. The second-order valence-corrected chi connectivity index (χ2v) is 12.0. The third-order valence-corrected chi connectivity index (χ3v) is 10.1. The monoisotopic (exact) mass is 554 g/mol. The first-order valence-corrected chi connectivity index (χ1v) is 12.3. The Hall–Kier alpha value is 0.203. The summed E-state index contributed by atoms with van der Waals surface area (Å²) in [6, 6.07) is 13.6. The van der Waals surface area contributed by atoms with Crippen LogP contribution in [0.2, 0.25) is 0 Å². The van der Waals surface area contributed by atoms with Crippen LogP contribution in [-0.4, -0.2) is 11.3 Å². The molecular formula is C27H39Cl2PZr. The van der Waals surface area contributed by atoms with E-state index in [1.54, 1.807) is 5.30 Å². The Morgan fingerprint density at radius 3 is 1.84 bits per heavy atom. The maximum absolute atomic E-state index is 3.44. The number of hydrogen-bond donors (Lipinski definition) is 0. The zero-order chi connectivity index (χ0) is 21.1. The van der Waals surface area contributed by atoms with Gasteiger partial charge in [-0.3, -0.25) is 6.08 Å². The van der Waals surface area contributed by atoms with Crippen LogP contribution in [0.4, 0.5) is 0 Å². The van der Waals surface area contributed by atoms with Gasteiger partial charge in [-0.2, -0.15) is 17.2 Å². The van der Waals surface area contributed by atoms with E-state index in [1.807, 2.05) is 0 Å². The minimum absolute atomic E-state index is 0. The molecular weight excluding hydrogens is 517 g/mol. The van der Waals surface area contributed by atoms with Crippen LogP contribution in [-0.2, 0) is 26.2 Å². The van der Waals surface area contributed by atoms with Crippen molar-refractivity contribution in [2.45, 2.75) is 86.5 Å². The number of rotatable bonds is 5. The van der Waals surface area contributed by atoms with Gasteiger partial charge in [0.15, 0.2) is 0 Å². The standard InChI is InChI=1S/C17H24P.C10H15.2ClH.Zr/c1-5-13(3)18(14(4)6-2)17-11-15-9-7-8-10-16(15)12-17;1-7-6-10(4,5)9(3)8(7)2;;;/h7-14H,5-6H2,1-4H3;1-5H3;2*1H;/q2*-1;;;+4/p-2. The maximum atomic E-state index is 3.44. The molecule has 0 fully saturated rings. The van der Waals surface area contributed by atoms with Crippen LogP contribution < -0.4 is 30.1 Å². The van der Waals surface area contributed by atoms with Gasteiger partial charge < -0.3 is 24.8 Å². The van der Waals surface area contributed by atoms with Crippen LogP contribution in [0.5, 0.6) is 0 Å². The minimum atomic E-state index is -0.0252. The second-order valence-electron chi connectivity index (χ2n) is 8.89. The Morgan fingerprint density at radius 2 is 1.48 bits per heavy atom. The van der Waals surface area contributed by atoms with E-state index in [2.05, 4.69) is 105 Å². The molecule has 3 rings (SSSR count). The van der Waals surface area contributed by atoms with E-state index in [9.17, 15) is 0 Å². The van der Waals surface area contributed by atoms with Crippen molar-refractivity contribution in [2.24, 2.45) is 5.41 Å². The van der Waals surface area contributed by atoms with E-state index in [4.69, 9.17) is 0 Å². The number of halogens is 2. The molecule has 2 aromatic rings. The molecule has 4 heteroatoms. The Labute approximate surface area is 224 Å². The molecule has 0 aliphatic heterocycles. The van der Waals surface area contributed by atoms with Gasteiger partial charge in [0, 0.05) is 0 Å². The van der Waals surface area contributed by atoms with E-state index in [0.29, 0.717) is 0 Å². The topological polar surface area (TPSA) is 0 Å². The van der Waals surface area contributed by atoms with Crippen molar-refractivity contribution in [2.75, 3.05) is 0 Å². The van der Waals surface area contributed by atoms with Gasteiger partial charge in [0.05, 0.1) is 0 Å². The predicted molar refractivity (Wildman–Crippen MR) is 130 cm³/mol. The largest absolute Gasteiger partial charge is 4.00 e. The number of benzene rings is 1. The molecule has 170 valence electrons. The predicted octanol–water partition coefficient (Wildman–Crippen LogP) is 2.38. The minimum Gasteiger partial charge on any atom is -1.00 e. The SMILES string of the molecule is CC1=[C-]C(C)(C)C(C)=C1C.CCC(C)P(c1cc2ccccc2[cH-]1)C(C)CC.[Cl-].[Cl-].[Zr+4]. The molecule has 0 saturated carbocycles. The molecule has 0 spiro atoms. The summed E-state index contributed by atoms with van der Waals surface area (Å²) in [5.74, 6) is 0. The van der Waals surface area contributed by atoms with Crippen molar-refractivity contribution in [1.29, 1.82) is 0 Å². The van der Waals surface area contributed by atoms with E-state index in [-0.39, 0.29) is 64.4 Å². The molecule has 1 aliphatic rings. The first-order chi connectivity index (χ1) is 13.1. The Kier molecular flexibility index (Phi) is 15.6. The van der Waals surface area contributed by atoms with E-state index < -0.39 is 0 Å². The molecule has 1 aliphatic carbocycles. The quantitative estimate of drug-likeness (QED) is 0.392. The van der Waals surface area contributed by atoms with Crippen LogP contribution >= 0.6 is 7.92 Å². The molecule has 2 atom stereocenters. The molecule has 0 saturated heterocycles. The number of fused-ring (bicyclic) bond motifs is 1. The van der Waals surface area contributed by atoms with Gasteiger partial charge in [0.2, 0.25) is 0 Å². The van der Waals surface area contributed by atoms with Gasteiger partial charge in [-0.15, -0.1) is 47.3 Å². The molecule has 0 bridgehead atoms. The first-order valence-electron chi connectivity index (χ1n) is 10.9. The van der Waals surface area contributed by atoms with Gasteiger partial charge in [-0.25, -0.2) is 5.57 Å². The molecule has 2 aromatic carbocycles. The summed E-state index contributed by atoms with van der Waals surface area (Å²) in [6.07, 6.45) is 6.01. The zero-order valence-corrected chi connectivity index (χ0v) is 25.6. The number of hydrogen-bond acceptors (Lipinski definition) is 0. The fraction of sp³-hybridized carbons (Fsp3) is 0.519. The summed E-state index contributed by atoms with van der Waals surface area (Å²) in [7, 11) is -0.0252. The van der Waals surface area contributed by atoms with Crippen molar-refractivity contribution < 1.29 is 51.0 Å². The van der Waals surface area contributed by atoms with Crippen molar-refractivity contribution in [3.05, 3.63) is 59.2 Å². The summed E-state index contributed by atoms with van der Waals surface area (Å²) in [6.45, 7) is 20.4. The normalized spacial score (nSPS) is 17.3. The molecule has 0 nitrogen and oxygen atoms in total. The fourth-order valence-corrected chi connectivity index (χ4v) is 7.28. The van der Waals surface area contributed by atoms with Gasteiger partial charge in [-0.05, 0) is 24.2 Å². The summed E-state index contributed by atoms with van der Waals surface area (Å²) in [5, 5.41) is 4.42. The third kappa shape index (κ3) is 8.18. The van der Waals surface area contributed by atoms with Crippen molar-refractivity contribution in [3.63, 3.8) is 0 Å². The van der Waals surface area contributed by atoms with Crippen molar-refractivity contribution in [1.82, 2.24) is 0 Å². The van der Waals surface area contributed by atoms with Crippen LogP contribution in [0.25, 0.3) is 10.8 Å². The first kappa shape index (κ1) is 33.4. The van der Waals surface area contributed by atoms with E-state index >= 15 is 0 Å². The van der Waals surface area contributed by atoms with Gasteiger partial charge >= 0.3 is 26.2 Å². The van der Waals surface area contributed by atoms with E-state index in [1.165, 1.54) is 40.3 Å². The van der Waals surface area contributed by atoms with E-state index in [0.717, 1.165) is 11.3 Å². The smallest absolute Gasteiger partial charge is 1.00 e. The third-order valence-electron chi connectivity index (χ3n) is 6.59. The summed E-state index contributed by atoms with van der Waals surface area (Å²) >= 11 is 0. The molecule has 0 amide bonds. The van der Waals surface area contributed by atoms with Crippen LogP contribution in [0.15, 0.2) is 53.1 Å². The van der Waals surface area contributed by atoms with Crippen LogP contribution in [0.1, 0.15) is 75.2 Å². The van der Waals surface area contributed by atoms with Crippen molar-refractivity contribution >= 4 is 24.0 Å². The maximum Gasteiger partial charge on any atom is 4.00 e. The molecule has 31 heavy (non-hydrogen) atoms. The fourth-order valence-electron chi connectivity index (χ4n) is 4.03. The van der Waals surface area contributed by atoms with Gasteiger partial charge in [-0.1, -0.05) is 74.8 Å². The zero-order valence-electron chi connectivity index (χ0n) is 20.7. The molecule has 0 heterocycles. The Bertz CT molecular complexity index is 820. The van der Waals surface area contributed by atoms with Gasteiger partial charge in [0.25, 0.3) is 0 Å². The average Bonchev–Trinajstić information content (AvgIpc) is 3.16. The van der Waals surface area contributed by atoms with Gasteiger partial charge in [0.1, 0.15) is 0 Å². The Balaban J connectivity index is 0. The summed E-state index contributed by atoms with van der Waals surface area (Å²) < 4.78 is 0. The average molecular weight is 557 g/mol. The van der Waals surface area contributed by atoms with Crippen molar-refractivity contribution in [3.8, 4) is 0 Å². The summed E-state index contributed by atoms with van der Waals surface area (Å²) in [5.41, 5.74) is 6.05. The molecule has 0 N–H and O–H groups in total. The summed E-state index contributed by atoms with van der Waals surface area (Å²) in [4.78, 5) is 0. The second kappa shape index (κ2) is 14.5. The van der Waals surface area contributed by atoms with Crippen LogP contribution in [0.3, 0.4) is 0 Å². The Morgan fingerprint density at radius 1 is 0.968 bits per heavy atom. The molecule has 2 unspecified atom stereocenters. The van der Waals surface area contributed by atoms with Crippen LogP contribution in [0, 0.1) is 11.5 Å². The molecule has 0 aromatic heterocycles. The molecule has 0 radical (unpaired) electrons.